The zero-order valence-corrected chi connectivity index (χ0v) is 16.4. The number of amides is 1. The van der Waals surface area contributed by atoms with Crippen LogP contribution < -0.4 is 10.6 Å². The summed E-state index contributed by atoms with van der Waals surface area (Å²) in [5.41, 5.74) is 3.26. The second-order valence-electron chi connectivity index (χ2n) is 7.31. The van der Waals surface area contributed by atoms with Crippen molar-refractivity contribution >= 4 is 33.1 Å². The van der Waals surface area contributed by atoms with Crippen LogP contribution in [-0.4, -0.2) is 23.0 Å². The van der Waals surface area contributed by atoms with Crippen molar-refractivity contribution in [2.24, 2.45) is 0 Å². The summed E-state index contributed by atoms with van der Waals surface area (Å²) in [5.74, 6) is 0.0838. The number of hydrogen-bond donors (Lipinski definition) is 2. The Morgan fingerprint density at radius 3 is 2.63 bits per heavy atom. The molecule has 1 atom stereocenters. The summed E-state index contributed by atoms with van der Waals surface area (Å²) < 4.78 is 1.23. The number of benzene rings is 2. The summed E-state index contributed by atoms with van der Waals surface area (Å²) in [7, 11) is 0. The largest absolute Gasteiger partial charge is 0.374 e. The number of carbonyl (C=O) groups excluding carboxylic acids is 1. The fourth-order valence-electron chi connectivity index (χ4n) is 3.60. The van der Waals surface area contributed by atoms with Crippen molar-refractivity contribution in [3.63, 3.8) is 0 Å². The van der Waals surface area contributed by atoms with Crippen LogP contribution in [0.5, 0.6) is 0 Å². The van der Waals surface area contributed by atoms with E-state index in [1.165, 1.54) is 23.1 Å². The molecule has 27 heavy (non-hydrogen) atoms. The average molecular weight is 380 g/mol. The van der Waals surface area contributed by atoms with Gasteiger partial charge in [0.25, 0.3) is 0 Å². The van der Waals surface area contributed by atoms with Gasteiger partial charge in [-0.05, 0) is 49.6 Å². The van der Waals surface area contributed by atoms with Crippen LogP contribution in [0.1, 0.15) is 43.2 Å². The number of hydrogen-bond acceptors (Lipinski definition) is 4. The van der Waals surface area contributed by atoms with Crippen molar-refractivity contribution in [2.45, 2.75) is 51.1 Å². The Bertz CT molecular complexity index is 880. The lowest BCUT2D eigenvalue weighted by atomic mass is 10.1. The fourth-order valence-corrected chi connectivity index (χ4v) is 4.60. The van der Waals surface area contributed by atoms with Crippen LogP contribution in [0, 0.1) is 0 Å². The first kappa shape index (κ1) is 18.0. The van der Waals surface area contributed by atoms with Crippen molar-refractivity contribution in [2.75, 3.05) is 5.32 Å². The maximum Gasteiger partial charge on any atom is 0.242 e. The molecule has 1 fully saturated rings. The lowest BCUT2D eigenvalue weighted by molar-refractivity contribution is -0.122. The second kappa shape index (κ2) is 8.09. The summed E-state index contributed by atoms with van der Waals surface area (Å²) in [6.45, 7) is 1.92. The molecule has 2 aromatic carbocycles. The third kappa shape index (κ3) is 4.48. The minimum Gasteiger partial charge on any atom is -0.374 e. The average Bonchev–Trinajstić information content (AvgIpc) is 3.32. The van der Waals surface area contributed by atoms with Gasteiger partial charge in [-0.3, -0.25) is 4.79 Å². The molecule has 140 valence electrons. The summed E-state index contributed by atoms with van der Waals surface area (Å²) in [6.07, 6.45) is 5.50. The topological polar surface area (TPSA) is 54.0 Å². The van der Waals surface area contributed by atoms with Gasteiger partial charge in [-0.2, -0.15) is 0 Å². The highest BCUT2D eigenvalue weighted by molar-refractivity contribution is 7.18. The Hall–Kier alpha value is -2.40. The van der Waals surface area contributed by atoms with Crippen LogP contribution in [-0.2, 0) is 11.2 Å². The van der Waals surface area contributed by atoms with Crippen molar-refractivity contribution in [1.29, 1.82) is 0 Å². The van der Waals surface area contributed by atoms with Gasteiger partial charge in [0.05, 0.1) is 15.2 Å². The maximum absolute atomic E-state index is 12.3. The van der Waals surface area contributed by atoms with Gasteiger partial charge in [0.1, 0.15) is 6.04 Å². The number of anilines is 1. The van der Waals surface area contributed by atoms with E-state index in [0.717, 1.165) is 35.5 Å². The van der Waals surface area contributed by atoms with Crippen LogP contribution in [0.2, 0.25) is 0 Å². The Labute approximate surface area is 164 Å². The highest BCUT2D eigenvalue weighted by Gasteiger charge is 2.20. The van der Waals surface area contributed by atoms with Gasteiger partial charge >= 0.3 is 0 Å². The van der Waals surface area contributed by atoms with Crippen LogP contribution in [0.4, 0.5) is 5.69 Å². The molecule has 0 aliphatic heterocycles. The second-order valence-corrected chi connectivity index (χ2v) is 8.42. The molecule has 1 aliphatic rings. The SMILES string of the molecule is C[C@H](Nc1ccc(Cc2nc3ccccc3s2)cc1)C(=O)NC1CCCC1. The molecule has 0 saturated heterocycles. The van der Waals surface area contributed by atoms with Crippen molar-refractivity contribution < 1.29 is 4.79 Å². The van der Waals surface area contributed by atoms with E-state index in [1.54, 1.807) is 11.3 Å². The molecule has 1 aliphatic carbocycles. The van der Waals surface area contributed by atoms with E-state index >= 15 is 0 Å². The molecule has 4 nitrogen and oxygen atoms in total. The number of para-hydroxylation sites is 1. The third-order valence-corrected chi connectivity index (χ3v) is 6.16. The van der Waals surface area contributed by atoms with Gasteiger partial charge in [-0.1, -0.05) is 37.1 Å². The number of aromatic nitrogens is 1. The van der Waals surface area contributed by atoms with E-state index in [-0.39, 0.29) is 11.9 Å². The molecule has 1 amide bonds. The monoisotopic (exact) mass is 379 g/mol. The van der Waals surface area contributed by atoms with Gasteiger partial charge in [0, 0.05) is 18.2 Å². The van der Waals surface area contributed by atoms with Gasteiger partial charge in [-0.15, -0.1) is 11.3 Å². The molecule has 1 heterocycles. The summed E-state index contributed by atoms with van der Waals surface area (Å²) in [5, 5.41) is 7.58. The van der Waals surface area contributed by atoms with E-state index < -0.39 is 0 Å². The van der Waals surface area contributed by atoms with Crippen LogP contribution >= 0.6 is 11.3 Å². The minimum absolute atomic E-state index is 0.0838. The van der Waals surface area contributed by atoms with Crippen LogP contribution in [0.25, 0.3) is 10.2 Å². The number of nitrogens with one attached hydrogen (secondary N) is 2. The van der Waals surface area contributed by atoms with E-state index in [1.807, 2.05) is 25.1 Å². The lowest BCUT2D eigenvalue weighted by Gasteiger charge is -2.18. The first-order valence-corrected chi connectivity index (χ1v) is 10.5. The van der Waals surface area contributed by atoms with E-state index in [0.29, 0.717) is 6.04 Å². The van der Waals surface area contributed by atoms with Gasteiger partial charge in [0.15, 0.2) is 0 Å². The van der Waals surface area contributed by atoms with Gasteiger partial charge in [-0.25, -0.2) is 4.98 Å². The van der Waals surface area contributed by atoms with Gasteiger partial charge in [0.2, 0.25) is 5.91 Å². The quantitative estimate of drug-likeness (QED) is 0.650. The van der Waals surface area contributed by atoms with Crippen LogP contribution in [0.3, 0.4) is 0 Å². The predicted molar refractivity (Wildman–Crippen MR) is 112 cm³/mol. The van der Waals surface area contributed by atoms with Crippen molar-refractivity contribution in [3.05, 3.63) is 59.1 Å². The molecule has 0 radical (unpaired) electrons. The molecule has 1 saturated carbocycles. The van der Waals surface area contributed by atoms with Gasteiger partial charge < -0.3 is 10.6 Å². The molecule has 4 rings (SSSR count). The van der Waals surface area contributed by atoms with Crippen molar-refractivity contribution in [3.8, 4) is 0 Å². The fraction of sp³-hybridized carbons (Fsp3) is 0.364. The number of carbonyl (C=O) groups is 1. The number of fused-ring (bicyclic) bond motifs is 1. The highest BCUT2D eigenvalue weighted by Crippen LogP contribution is 2.24. The first-order chi connectivity index (χ1) is 13.2. The van der Waals surface area contributed by atoms with E-state index in [2.05, 4.69) is 41.0 Å². The van der Waals surface area contributed by atoms with Crippen molar-refractivity contribution in [1.82, 2.24) is 10.3 Å². The summed E-state index contributed by atoms with van der Waals surface area (Å²) in [4.78, 5) is 17.0. The summed E-state index contributed by atoms with van der Waals surface area (Å²) in [6, 6.07) is 16.7. The highest BCUT2D eigenvalue weighted by atomic mass is 32.1. The number of thiazole rings is 1. The standard InChI is InChI=1S/C22H25N3OS/c1-15(22(26)24-17-6-2-3-7-17)23-18-12-10-16(11-13-18)14-21-25-19-8-4-5-9-20(19)27-21/h4-5,8-13,15,17,23H,2-3,6-7,14H2,1H3,(H,24,26)/t15-/m0/s1. The van der Waals surface area contributed by atoms with E-state index in [9.17, 15) is 4.79 Å². The first-order valence-electron chi connectivity index (χ1n) is 9.68. The minimum atomic E-state index is -0.235. The number of rotatable bonds is 6. The maximum atomic E-state index is 12.3. The molecule has 0 spiro atoms. The molecular formula is C22H25N3OS. The Kier molecular flexibility index (Phi) is 5.39. The smallest absolute Gasteiger partial charge is 0.242 e. The summed E-state index contributed by atoms with van der Waals surface area (Å²) >= 11 is 1.75. The van der Waals surface area contributed by atoms with Crippen LogP contribution in [0.15, 0.2) is 48.5 Å². The van der Waals surface area contributed by atoms with E-state index in [4.69, 9.17) is 4.98 Å². The normalized spacial score (nSPS) is 15.7. The molecular weight excluding hydrogens is 354 g/mol. The molecule has 2 N–H and O–H groups in total. The molecule has 0 unspecified atom stereocenters. The third-order valence-electron chi connectivity index (χ3n) is 5.13. The number of nitrogens with zero attached hydrogens (tertiary/aromatic N) is 1. The molecule has 5 heteroatoms. The molecule has 0 bridgehead atoms. The predicted octanol–water partition coefficient (Wildman–Crippen LogP) is 4.75. The zero-order valence-electron chi connectivity index (χ0n) is 15.6. The Morgan fingerprint density at radius 2 is 1.89 bits per heavy atom. The molecule has 3 aromatic rings. The molecule has 1 aromatic heterocycles. The Balaban J connectivity index is 1.34. The Morgan fingerprint density at radius 1 is 1.15 bits per heavy atom. The zero-order chi connectivity index (χ0) is 18.6. The lowest BCUT2D eigenvalue weighted by Crippen LogP contribution is -2.42.